The summed E-state index contributed by atoms with van der Waals surface area (Å²) in [4.78, 5) is 22.1. The molecule has 2 aromatic heterocycles. The number of nitrogens with zero attached hydrogens (tertiary/aromatic N) is 2. The predicted molar refractivity (Wildman–Crippen MR) is 87.2 cm³/mol. The predicted octanol–water partition coefficient (Wildman–Crippen LogP) is 4.89. The molecule has 104 valence electrons. The summed E-state index contributed by atoms with van der Waals surface area (Å²) in [6.45, 7) is 4.21. The number of hydrogen-bond acceptors (Lipinski definition) is 4. The van der Waals surface area contributed by atoms with Gasteiger partial charge in [0.2, 0.25) is 0 Å². The van der Waals surface area contributed by atoms with Crippen LogP contribution in [0, 0.1) is 5.41 Å². The molecule has 0 bridgehead atoms. The molecule has 0 unspecified atom stereocenters. The van der Waals surface area contributed by atoms with Crippen LogP contribution in [0.2, 0.25) is 0 Å². The summed E-state index contributed by atoms with van der Waals surface area (Å²) >= 11 is 8.53. The van der Waals surface area contributed by atoms with Gasteiger partial charge >= 0.3 is 0 Å². The molecule has 20 heavy (non-hydrogen) atoms. The van der Waals surface area contributed by atoms with Gasteiger partial charge in [0.25, 0.3) is 0 Å². The van der Waals surface area contributed by atoms with Gasteiger partial charge < -0.3 is 0 Å². The molecule has 0 aromatic carbocycles. The van der Waals surface area contributed by atoms with Crippen molar-refractivity contribution in [3.05, 3.63) is 31.8 Å². The van der Waals surface area contributed by atoms with E-state index in [1.807, 2.05) is 6.07 Å². The highest BCUT2D eigenvalue weighted by molar-refractivity contribution is 9.13. The van der Waals surface area contributed by atoms with Crippen LogP contribution >= 0.6 is 43.2 Å². The fourth-order valence-corrected chi connectivity index (χ4v) is 4.38. The van der Waals surface area contributed by atoms with Crippen molar-refractivity contribution in [2.24, 2.45) is 5.41 Å². The molecular formula is C14H12Br2N2OS. The van der Waals surface area contributed by atoms with Crippen LogP contribution in [0.25, 0.3) is 10.7 Å². The molecule has 0 saturated heterocycles. The summed E-state index contributed by atoms with van der Waals surface area (Å²) in [5.74, 6) is 0.835. The zero-order chi connectivity index (χ0) is 14.5. The number of carbonyl (C=O) groups is 1. The molecule has 1 aliphatic rings. The molecule has 1 aliphatic carbocycles. The molecule has 0 atom stereocenters. The van der Waals surface area contributed by atoms with Crippen molar-refractivity contribution in [1.82, 2.24) is 9.97 Å². The Balaban J connectivity index is 2.07. The summed E-state index contributed by atoms with van der Waals surface area (Å²) < 4.78 is 2.01. The van der Waals surface area contributed by atoms with Gasteiger partial charge in [0.15, 0.2) is 11.6 Å². The first-order valence-corrected chi connectivity index (χ1v) is 8.60. The van der Waals surface area contributed by atoms with Gasteiger partial charge in [-0.05, 0) is 49.8 Å². The third kappa shape index (κ3) is 2.61. The van der Waals surface area contributed by atoms with Crippen LogP contribution in [-0.4, -0.2) is 15.8 Å². The second-order valence-corrected chi connectivity index (χ2v) is 8.95. The zero-order valence-electron chi connectivity index (χ0n) is 11.0. The number of Topliss-reactive ketones (excluding diaryl/α,β-unsaturated/α-hetero) is 1. The number of hydrogen-bond donors (Lipinski definition) is 0. The Hall–Kier alpha value is -0.590. The van der Waals surface area contributed by atoms with Crippen molar-refractivity contribution in [2.45, 2.75) is 26.7 Å². The maximum Gasteiger partial charge on any atom is 0.169 e. The Labute approximate surface area is 138 Å². The fraction of sp³-hybridized carbons (Fsp3) is 0.357. The van der Waals surface area contributed by atoms with Gasteiger partial charge in [-0.25, -0.2) is 9.97 Å². The van der Waals surface area contributed by atoms with Crippen molar-refractivity contribution in [3.8, 4) is 10.7 Å². The molecule has 0 fully saturated rings. The van der Waals surface area contributed by atoms with E-state index in [4.69, 9.17) is 0 Å². The number of aromatic nitrogens is 2. The molecule has 0 radical (unpaired) electrons. The monoisotopic (exact) mass is 414 g/mol. The highest BCUT2D eigenvalue weighted by atomic mass is 79.9. The molecular weight excluding hydrogens is 404 g/mol. The van der Waals surface area contributed by atoms with Crippen LogP contribution in [0.3, 0.4) is 0 Å². The summed E-state index contributed by atoms with van der Waals surface area (Å²) in [7, 11) is 0. The van der Waals surface area contributed by atoms with Gasteiger partial charge in [-0.15, -0.1) is 11.3 Å². The average Bonchev–Trinajstić information content (AvgIpc) is 2.67. The van der Waals surface area contributed by atoms with Crippen molar-refractivity contribution in [3.63, 3.8) is 0 Å². The number of fused-ring (bicyclic) bond motifs is 1. The molecule has 0 aliphatic heterocycles. The molecule has 2 heterocycles. The Bertz CT molecular complexity index is 690. The lowest BCUT2D eigenvalue weighted by molar-refractivity contribution is 0.0910. The first-order chi connectivity index (χ1) is 9.35. The maximum atomic E-state index is 12.1. The van der Waals surface area contributed by atoms with E-state index >= 15 is 0 Å². The highest BCUT2D eigenvalue weighted by Crippen LogP contribution is 2.38. The largest absolute Gasteiger partial charge is 0.294 e. The van der Waals surface area contributed by atoms with E-state index in [-0.39, 0.29) is 11.2 Å². The molecule has 3 rings (SSSR count). The quantitative estimate of drug-likeness (QED) is 0.666. The van der Waals surface area contributed by atoms with Crippen LogP contribution in [0.4, 0.5) is 0 Å². The lowest BCUT2D eigenvalue weighted by atomic mass is 9.76. The van der Waals surface area contributed by atoms with E-state index < -0.39 is 0 Å². The minimum absolute atomic E-state index is 0.0215. The standard InChI is InChI=1S/C14H12Br2N2OS/c1-14(2)4-9-7(10(19)5-14)6-17-13(18-9)11-3-8(15)12(16)20-11/h3,6H,4-5H2,1-2H3. The van der Waals surface area contributed by atoms with E-state index in [0.717, 1.165) is 25.3 Å². The number of halogens is 2. The van der Waals surface area contributed by atoms with Gasteiger partial charge in [0.05, 0.1) is 19.9 Å². The van der Waals surface area contributed by atoms with Crippen molar-refractivity contribution >= 4 is 49.0 Å². The Kier molecular flexibility index (Phi) is 3.59. The van der Waals surface area contributed by atoms with Gasteiger partial charge in [-0.1, -0.05) is 13.8 Å². The van der Waals surface area contributed by atoms with E-state index in [1.54, 1.807) is 17.5 Å². The normalized spacial score (nSPS) is 17.1. The van der Waals surface area contributed by atoms with Crippen molar-refractivity contribution < 1.29 is 4.79 Å². The van der Waals surface area contributed by atoms with Crippen LogP contribution in [0.5, 0.6) is 0 Å². The number of ketones is 1. The van der Waals surface area contributed by atoms with E-state index in [9.17, 15) is 4.79 Å². The molecule has 3 nitrogen and oxygen atoms in total. The van der Waals surface area contributed by atoms with E-state index in [0.29, 0.717) is 17.8 Å². The molecule has 0 saturated carbocycles. The van der Waals surface area contributed by atoms with Gasteiger partial charge in [-0.3, -0.25) is 4.79 Å². The van der Waals surface area contributed by atoms with Gasteiger partial charge in [-0.2, -0.15) is 0 Å². The Morgan fingerprint density at radius 1 is 1.30 bits per heavy atom. The van der Waals surface area contributed by atoms with Gasteiger partial charge in [0.1, 0.15) is 0 Å². The summed E-state index contributed by atoms with van der Waals surface area (Å²) in [5.41, 5.74) is 1.53. The number of rotatable bonds is 1. The summed E-state index contributed by atoms with van der Waals surface area (Å²) in [6.07, 6.45) is 3.06. The molecule has 0 amide bonds. The lowest BCUT2D eigenvalue weighted by Gasteiger charge is -2.29. The van der Waals surface area contributed by atoms with Gasteiger partial charge in [0, 0.05) is 17.1 Å². The highest BCUT2D eigenvalue weighted by Gasteiger charge is 2.32. The Morgan fingerprint density at radius 2 is 2.05 bits per heavy atom. The molecule has 0 spiro atoms. The second kappa shape index (κ2) is 5.00. The zero-order valence-corrected chi connectivity index (χ0v) is 15.0. The summed E-state index contributed by atoms with van der Waals surface area (Å²) in [6, 6.07) is 1.99. The first-order valence-electron chi connectivity index (χ1n) is 6.20. The number of thiophene rings is 1. The van der Waals surface area contributed by atoms with Crippen LogP contribution in [-0.2, 0) is 6.42 Å². The maximum absolute atomic E-state index is 12.1. The molecule has 2 aromatic rings. The third-order valence-corrected chi connectivity index (χ3v) is 6.57. The van der Waals surface area contributed by atoms with Crippen molar-refractivity contribution in [2.75, 3.05) is 0 Å². The first kappa shape index (κ1) is 14.4. The van der Waals surface area contributed by atoms with Crippen LogP contribution in [0.1, 0.15) is 36.3 Å². The Morgan fingerprint density at radius 3 is 2.70 bits per heavy atom. The minimum atomic E-state index is -0.0215. The lowest BCUT2D eigenvalue weighted by Crippen LogP contribution is -2.28. The fourth-order valence-electron chi connectivity index (χ4n) is 2.41. The topological polar surface area (TPSA) is 42.9 Å². The second-order valence-electron chi connectivity index (χ2n) is 5.73. The summed E-state index contributed by atoms with van der Waals surface area (Å²) in [5, 5.41) is 0. The van der Waals surface area contributed by atoms with Crippen molar-refractivity contribution in [1.29, 1.82) is 0 Å². The molecule has 6 heteroatoms. The van der Waals surface area contributed by atoms with E-state index in [1.165, 1.54) is 0 Å². The smallest absolute Gasteiger partial charge is 0.169 e. The minimum Gasteiger partial charge on any atom is -0.294 e. The SMILES string of the molecule is CC1(C)CC(=O)c2cnc(-c3cc(Br)c(Br)s3)nc2C1. The number of carbonyl (C=O) groups excluding carboxylic acids is 1. The average molecular weight is 416 g/mol. The van der Waals surface area contributed by atoms with E-state index in [2.05, 4.69) is 55.7 Å². The molecule has 0 N–H and O–H groups in total. The third-order valence-electron chi connectivity index (χ3n) is 3.32. The van der Waals surface area contributed by atoms with Crippen LogP contribution < -0.4 is 0 Å². The van der Waals surface area contributed by atoms with Crippen LogP contribution in [0.15, 0.2) is 20.5 Å².